The van der Waals surface area contributed by atoms with Crippen molar-refractivity contribution in [1.29, 1.82) is 0 Å². The number of hydrogen-bond donors (Lipinski definition) is 0. The molecule has 0 heterocycles. The number of rotatable bonds is 7. The van der Waals surface area contributed by atoms with E-state index in [1.54, 1.807) is 4.52 Å². The van der Waals surface area contributed by atoms with Crippen molar-refractivity contribution in [1.82, 2.24) is 0 Å². The zero-order chi connectivity index (χ0) is 24.3. The highest BCUT2D eigenvalue weighted by atomic mass is 31.1. The summed E-state index contributed by atoms with van der Waals surface area (Å²) in [6.07, 6.45) is -22.9. The van der Waals surface area contributed by atoms with Crippen LogP contribution in [0.1, 0.15) is 0 Å². The Balaban J connectivity index is 6.16. The fraction of sp³-hybridized carbons (Fsp3) is 1.00. The molecule has 0 N–H and O–H groups in total. The van der Waals surface area contributed by atoms with Gasteiger partial charge >= 0.3 is 55.8 Å². The molecule has 0 rings (SSSR count). The minimum Gasteiger partial charge on any atom is -0.189 e. The molecule has 0 aliphatic rings. The Morgan fingerprint density at radius 2 is 0.724 bits per heavy atom. The third-order valence-corrected chi connectivity index (χ3v) is 3.81. The summed E-state index contributed by atoms with van der Waals surface area (Å²) < 4.78 is 235. The fourth-order valence-electron chi connectivity index (χ4n) is 1.06. The first kappa shape index (κ1) is 27.8. The normalized spacial score (nSPS) is 16.8. The van der Waals surface area contributed by atoms with Gasteiger partial charge in [0.05, 0.1) is 0 Å². The largest absolute Gasteiger partial charge is 0.600 e. The van der Waals surface area contributed by atoms with Gasteiger partial charge in [-0.05, 0) is 4.57 Å². The molecule has 29 heavy (non-hydrogen) atoms. The number of hydrogen-bond acceptors (Lipinski definition) is 2. The maximum absolute atomic E-state index is 12.9. The molecular formula is C8F18O2P+. The average molecular weight is 501 g/mol. The molecule has 0 fully saturated rings. The van der Waals surface area contributed by atoms with Crippen molar-refractivity contribution in [3.05, 3.63) is 0 Å². The van der Waals surface area contributed by atoms with Crippen molar-refractivity contribution < 1.29 is 88.1 Å². The molecule has 1 atom stereocenters. The molecule has 21 heteroatoms. The molecule has 0 aliphatic heterocycles. The van der Waals surface area contributed by atoms with E-state index in [2.05, 4.69) is 0 Å². The number of alkyl halides is 18. The third-order valence-electron chi connectivity index (χ3n) is 2.67. The summed E-state index contributed by atoms with van der Waals surface area (Å²) in [6.45, 7) is 0. The molecule has 0 aromatic heterocycles. The standard InChI is InChI=1S/C8F18O2P/c9-1(10,5(17,18)19)3(13,14)7(23,24)28-29(27)8(25,26)4(15,16)2(11,12)6(20,21)22/q+1. The number of halogens is 18. The van der Waals surface area contributed by atoms with E-state index in [-0.39, 0.29) is 0 Å². The molecule has 1 unspecified atom stereocenters. The molecule has 0 amide bonds. The second-order valence-electron chi connectivity index (χ2n) is 4.70. The van der Waals surface area contributed by atoms with Gasteiger partial charge in [-0.1, -0.05) is 4.52 Å². The summed E-state index contributed by atoms with van der Waals surface area (Å²) in [5.41, 5.74) is -7.63. The van der Waals surface area contributed by atoms with E-state index in [0.29, 0.717) is 0 Å². The molecule has 174 valence electrons. The highest BCUT2D eigenvalue weighted by Gasteiger charge is 2.92. The van der Waals surface area contributed by atoms with Gasteiger partial charge in [0.25, 0.3) is 0 Å². The van der Waals surface area contributed by atoms with Gasteiger partial charge in [0.2, 0.25) is 0 Å². The quantitative estimate of drug-likeness (QED) is 0.291. The molecule has 0 spiro atoms. The molecule has 0 aromatic rings. The van der Waals surface area contributed by atoms with Gasteiger partial charge in [0, 0.05) is 0 Å². The molecule has 0 radical (unpaired) electrons. The zero-order valence-electron chi connectivity index (χ0n) is 12.1. The molecule has 0 saturated carbocycles. The van der Waals surface area contributed by atoms with Gasteiger partial charge in [-0.15, -0.1) is 8.78 Å². The van der Waals surface area contributed by atoms with Gasteiger partial charge < -0.3 is 0 Å². The van der Waals surface area contributed by atoms with Crippen LogP contribution in [0.3, 0.4) is 0 Å². The van der Waals surface area contributed by atoms with E-state index in [4.69, 9.17) is 0 Å². The zero-order valence-corrected chi connectivity index (χ0v) is 13.0. The Labute approximate surface area is 145 Å². The summed E-state index contributed by atoms with van der Waals surface area (Å²) in [6, 6.07) is 0. The van der Waals surface area contributed by atoms with Gasteiger partial charge in [-0.25, -0.2) is 0 Å². The molecule has 0 aromatic carbocycles. The van der Waals surface area contributed by atoms with Crippen LogP contribution in [0.5, 0.6) is 0 Å². The van der Waals surface area contributed by atoms with Crippen LogP contribution in [0.2, 0.25) is 0 Å². The molecule has 0 saturated heterocycles. The molecule has 0 bridgehead atoms. The Morgan fingerprint density at radius 3 is 1.00 bits per heavy atom. The second-order valence-corrected chi connectivity index (χ2v) is 5.96. The first-order chi connectivity index (χ1) is 12.1. The van der Waals surface area contributed by atoms with Crippen LogP contribution in [0.4, 0.5) is 79.0 Å². The maximum Gasteiger partial charge on any atom is 0.600 e. The van der Waals surface area contributed by atoms with Crippen molar-refractivity contribution >= 4 is 8.03 Å². The van der Waals surface area contributed by atoms with E-state index < -0.39 is 55.8 Å². The van der Waals surface area contributed by atoms with E-state index >= 15 is 0 Å². The fourth-order valence-corrected chi connectivity index (χ4v) is 1.87. The van der Waals surface area contributed by atoms with E-state index in [1.807, 2.05) is 0 Å². The summed E-state index contributed by atoms with van der Waals surface area (Å²) in [5.74, 6) is -31.7. The topological polar surface area (TPSA) is 26.3 Å². The SMILES string of the molecule is O=[P+](OC(F)(F)C(F)(F)C(F)(F)C(F)(F)F)C(F)(F)C(F)(F)C(F)(F)C(F)(F)F. The lowest BCUT2D eigenvalue weighted by Gasteiger charge is -2.31. The minimum absolute atomic E-state index is 1.56. The van der Waals surface area contributed by atoms with E-state index in [0.717, 1.165) is 0 Å². The first-order valence-corrected chi connectivity index (χ1v) is 6.87. The van der Waals surface area contributed by atoms with Crippen LogP contribution in [0.15, 0.2) is 0 Å². The maximum atomic E-state index is 12.9. The predicted octanol–water partition coefficient (Wildman–Crippen LogP) is 6.60. The molecule has 2 nitrogen and oxygen atoms in total. The Bertz CT molecular complexity index is 629. The van der Waals surface area contributed by atoms with Crippen molar-refractivity contribution in [3.8, 4) is 0 Å². The Morgan fingerprint density at radius 1 is 0.448 bits per heavy atom. The van der Waals surface area contributed by atoms with Crippen LogP contribution >= 0.6 is 8.03 Å². The van der Waals surface area contributed by atoms with E-state index in [9.17, 15) is 83.6 Å². The first-order valence-electron chi connectivity index (χ1n) is 5.69. The molecule has 0 aliphatic carbocycles. The Hall–Kier alpha value is -1.20. The van der Waals surface area contributed by atoms with Crippen molar-refractivity contribution in [2.45, 2.75) is 47.8 Å². The smallest absolute Gasteiger partial charge is 0.189 e. The molecular weight excluding hydrogens is 501 g/mol. The average Bonchev–Trinajstić information content (AvgIpc) is 2.43. The minimum atomic E-state index is -7.98. The van der Waals surface area contributed by atoms with Crippen LogP contribution in [0, 0.1) is 0 Å². The van der Waals surface area contributed by atoms with Crippen LogP contribution in [0.25, 0.3) is 0 Å². The summed E-state index contributed by atoms with van der Waals surface area (Å²) in [5, 5.41) is 0. The third kappa shape index (κ3) is 4.05. The Kier molecular flexibility index (Phi) is 6.63. The van der Waals surface area contributed by atoms with E-state index in [1.165, 1.54) is 0 Å². The highest BCUT2D eigenvalue weighted by Crippen LogP contribution is 2.64. The van der Waals surface area contributed by atoms with Gasteiger partial charge in [-0.2, -0.15) is 70.2 Å². The lowest BCUT2D eigenvalue weighted by Crippen LogP contribution is -2.62. The van der Waals surface area contributed by atoms with Gasteiger partial charge in [-0.3, -0.25) is 0 Å². The summed E-state index contributed by atoms with van der Waals surface area (Å²) >= 11 is 0. The monoisotopic (exact) mass is 501 g/mol. The van der Waals surface area contributed by atoms with Crippen molar-refractivity contribution in [2.75, 3.05) is 0 Å². The van der Waals surface area contributed by atoms with Gasteiger partial charge in [0.1, 0.15) is 0 Å². The summed E-state index contributed by atoms with van der Waals surface area (Å²) in [4.78, 5) is 0. The van der Waals surface area contributed by atoms with Crippen LogP contribution < -0.4 is 0 Å². The van der Waals surface area contributed by atoms with Crippen LogP contribution in [-0.4, -0.2) is 47.8 Å². The second kappa shape index (κ2) is 6.91. The summed E-state index contributed by atoms with van der Waals surface area (Å²) in [7, 11) is -6.90. The lowest BCUT2D eigenvalue weighted by molar-refractivity contribution is -0.429. The van der Waals surface area contributed by atoms with Gasteiger partial charge in [0.15, 0.2) is 0 Å². The van der Waals surface area contributed by atoms with Crippen LogP contribution in [-0.2, 0) is 9.09 Å². The lowest BCUT2D eigenvalue weighted by atomic mass is 10.1. The van der Waals surface area contributed by atoms with Crippen molar-refractivity contribution in [3.63, 3.8) is 0 Å². The van der Waals surface area contributed by atoms with Crippen molar-refractivity contribution in [2.24, 2.45) is 0 Å². The predicted molar refractivity (Wildman–Crippen MR) is 50.5 cm³/mol. The highest BCUT2D eigenvalue weighted by molar-refractivity contribution is 7.40.